The van der Waals surface area contributed by atoms with Crippen LogP contribution in [-0.4, -0.2) is 31.8 Å². The molecule has 0 radical (unpaired) electrons. The van der Waals surface area contributed by atoms with E-state index in [0.29, 0.717) is 18.8 Å². The highest BCUT2D eigenvalue weighted by Gasteiger charge is 2.30. The predicted molar refractivity (Wildman–Crippen MR) is 38.7 cm³/mol. The molecule has 2 rings (SSSR count). The third-order valence-corrected chi connectivity index (χ3v) is 2.02. The van der Waals surface area contributed by atoms with Gasteiger partial charge in [0.15, 0.2) is 0 Å². The molecule has 0 aromatic carbocycles. The van der Waals surface area contributed by atoms with Gasteiger partial charge in [0.2, 0.25) is 0 Å². The lowest BCUT2D eigenvalue weighted by Crippen LogP contribution is -2.45. The zero-order chi connectivity index (χ0) is 6.97. The van der Waals surface area contributed by atoms with E-state index in [9.17, 15) is 0 Å². The van der Waals surface area contributed by atoms with Gasteiger partial charge in [-0.1, -0.05) is 6.58 Å². The predicted octanol–water partition coefficient (Wildman–Crippen LogP) is -0.540. The molecule has 0 spiro atoms. The maximum Gasteiger partial charge on any atom is 0.0917 e. The van der Waals surface area contributed by atoms with E-state index < -0.39 is 0 Å². The highest BCUT2D eigenvalue weighted by Crippen LogP contribution is 2.12. The van der Waals surface area contributed by atoms with Crippen LogP contribution in [0.25, 0.3) is 0 Å². The fourth-order valence-corrected chi connectivity index (χ4v) is 1.49. The van der Waals surface area contributed by atoms with Gasteiger partial charge in [-0.2, -0.15) is 0 Å². The second-order valence-corrected chi connectivity index (χ2v) is 2.86. The molecule has 2 atom stereocenters. The Hall–Kier alpha value is -0.540. The summed E-state index contributed by atoms with van der Waals surface area (Å²) in [7, 11) is 0. The van der Waals surface area contributed by atoms with Crippen molar-refractivity contribution in [1.29, 1.82) is 0 Å². The highest BCUT2D eigenvalue weighted by molar-refractivity contribution is 5.03. The Labute approximate surface area is 60.4 Å². The average Bonchev–Trinajstić information content (AvgIpc) is 2.33. The van der Waals surface area contributed by atoms with Crippen LogP contribution < -0.4 is 10.6 Å². The molecule has 2 saturated heterocycles. The first-order valence-electron chi connectivity index (χ1n) is 3.63. The van der Waals surface area contributed by atoms with Crippen molar-refractivity contribution in [2.24, 2.45) is 0 Å². The van der Waals surface area contributed by atoms with Gasteiger partial charge in [-0.25, -0.2) is 0 Å². The van der Waals surface area contributed by atoms with Crippen molar-refractivity contribution in [1.82, 2.24) is 10.6 Å². The Morgan fingerprint density at radius 3 is 3.30 bits per heavy atom. The van der Waals surface area contributed by atoms with Gasteiger partial charge in [0, 0.05) is 18.8 Å². The maximum atomic E-state index is 5.49. The van der Waals surface area contributed by atoms with Crippen LogP contribution in [0.5, 0.6) is 0 Å². The summed E-state index contributed by atoms with van der Waals surface area (Å²) in [6, 6.07) is 0.459. The van der Waals surface area contributed by atoms with Gasteiger partial charge in [0.25, 0.3) is 0 Å². The molecule has 0 aromatic heterocycles. The molecule has 3 heteroatoms. The number of hydrogen-bond donors (Lipinski definition) is 2. The molecule has 2 aliphatic rings. The van der Waals surface area contributed by atoms with Crippen LogP contribution in [0.4, 0.5) is 0 Å². The lowest BCUT2D eigenvalue weighted by Gasteiger charge is -2.28. The molecule has 0 amide bonds. The average molecular weight is 140 g/mol. The van der Waals surface area contributed by atoms with E-state index in [1.807, 2.05) is 0 Å². The van der Waals surface area contributed by atoms with E-state index in [1.54, 1.807) is 0 Å². The molecule has 3 nitrogen and oxygen atoms in total. The second-order valence-electron chi connectivity index (χ2n) is 2.86. The number of morpholine rings is 1. The Kier molecular flexibility index (Phi) is 1.39. The Morgan fingerprint density at radius 1 is 1.50 bits per heavy atom. The number of rotatable bonds is 0. The molecule has 2 heterocycles. The van der Waals surface area contributed by atoms with E-state index >= 15 is 0 Å². The summed E-state index contributed by atoms with van der Waals surface area (Å²) in [6.45, 7) is 6.46. The minimum absolute atomic E-state index is 0.366. The summed E-state index contributed by atoms with van der Waals surface area (Å²) in [4.78, 5) is 0. The molecular weight excluding hydrogens is 128 g/mol. The summed E-state index contributed by atoms with van der Waals surface area (Å²) in [5.74, 6) is 0. The maximum absolute atomic E-state index is 5.49. The number of ether oxygens (including phenoxy) is 1. The van der Waals surface area contributed by atoms with Gasteiger partial charge < -0.3 is 15.4 Å². The minimum atomic E-state index is 0.366. The van der Waals surface area contributed by atoms with Crippen molar-refractivity contribution in [3.05, 3.63) is 12.3 Å². The molecule has 2 fully saturated rings. The first-order valence-corrected chi connectivity index (χ1v) is 3.63. The van der Waals surface area contributed by atoms with Crippen LogP contribution in [0.1, 0.15) is 0 Å². The molecule has 2 unspecified atom stereocenters. The van der Waals surface area contributed by atoms with Gasteiger partial charge in [-0.15, -0.1) is 0 Å². The molecule has 0 saturated carbocycles. The quantitative estimate of drug-likeness (QED) is 0.474. The summed E-state index contributed by atoms with van der Waals surface area (Å²) in [5.41, 5.74) is 1.00. The topological polar surface area (TPSA) is 33.3 Å². The molecule has 2 aliphatic heterocycles. The summed E-state index contributed by atoms with van der Waals surface area (Å²) in [5, 5.41) is 6.55. The van der Waals surface area contributed by atoms with Crippen LogP contribution in [0.15, 0.2) is 12.3 Å². The lowest BCUT2D eigenvalue weighted by molar-refractivity contribution is 0.0404. The lowest BCUT2D eigenvalue weighted by atomic mass is 10.2. The van der Waals surface area contributed by atoms with Crippen molar-refractivity contribution >= 4 is 0 Å². The van der Waals surface area contributed by atoms with Gasteiger partial charge >= 0.3 is 0 Å². The molecule has 0 aromatic rings. The molecule has 56 valence electrons. The van der Waals surface area contributed by atoms with Crippen LogP contribution >= 0.6 is 0 Å². The first kappa shape index (κ1) is 6.19. The number of nitrogens with one attached hydrogen (secondary N) is 2. The van der Waals surface area contributed by atoms with Crippen molar-refractivity contribution < 1.29 is 4.74 Å². The van der Waals surface area contributed by atoms with Crippen LogP contribution in [0.3, 0.4) is 0 Å². The largest absolute Gasteiger partial charge is 0.380 e. The van der Waals surface area contributed by atoms with Crippen molar-refractivity contribution in [3.8, 4) is 0 Å². The Morgan fingerprint density at radius 2 is 2.40 bits per heavy atom. The zero-order valence-electron chi connectivity index (χ0n) is 5.89. The Bertz CT molecular complexity index is 158. The fraction of sp³-hybridized carbons (Fsp3) is 0.714. The summed E-state index contributed by atoms with van der Waals surface area (Å²) >= 11 is 0. The van der Waals surface area contributed by atoms with Crippen molar-refractivity contribution in [3.63, 3.8) is 0 Å². The van der Waals surface area contributed by atoms with Gasteiger partial charge in [0.1, 0.15) is 0 Å². The van der Waals surface area contributed by atoms with Gasteiger partial charge in [-0.05, 0) is 0 Å². The number of fused-ring (bicyclic) bond motifs is 1. The molecule has 10 heavy (non-hydrogen) atoms. The van der Waals surface area contributed by atoms with E-state index in [1.165, 1.54) is 0 Å². The summed E-state index contributed by atoms with van der Waals surface area (Å²) in [6.07, 6.45) is 0.366. The molecule has 2 N–H and O–H groups in total. The third kappa shape index (κ3) is 0.914. The standard InChI is InChI=1S/C7H12N2O/c1-5-4-10-7-3-8-2-6(7)9-5/h6-9H,1-4H2. The zero-order valence-corrected chi connectivity index (χ0v) is 5.89. The van der Waals surface area contributed by atoms with Crippen molar-refractivity contribution in [2.45, 2.75) is 12.1 Å². The monoisotopic (exact) mass is 140 g/mol. The Balaban J connectivity index is 2.03. The molecule has 0 bridgehead atoms. The van der Waals surface area contributed by atoms with Gasteiger partial charge in [-0.3, -0.25) is 0 Å². The normalized spacial score (nSPS) is 39.0. The number of hydrogen-bond acceptors (Lipinski definition) is 3. The SMILES string of the molecule is C=C1COC2CNCC2N1. The van der Waals surface area contributed by atoms with E-state index in [4.69, 9.17) is 4.74 Å². The highest BCUT2D eigenvalue weighted by atomic mass is 16.5. The fourth-order valence-electron chi connectivity index (χ4n) is 1.49. The minimum Gasteiger partial charge on any atom is -0.380 e. The van der Waals surface area contributed by atoms with E-state index in [2.05, 4.69) is 17.2 Å². The van der Waals surface area contributed by atoms with Gasteiger partial charge in [0.05, 0.1) is 18.8 Å². The smallest absolute Gasteiger partial charge is 0.0917 e. The first-order chi connectivity index (χ1) is 4.86. The second kappa shape index (κ2) is 2.25. The van der Waals surface area contributed by atoms with Crippen LogP contribution in [-0.2, 0) is 4.74 Å². The van der Waals surface area contributed by atoms with Crippen molar-refractivity contribution in [2.75, 3.05) is 19.7 Å². The van der Waals surface area contributed by atoms with E-state index in [0.717, 1.165) is 18.8 Å². The van der Waals surface area contributed by atoms with E-state index in [-0.39, 0.29) is 0 Å². The van der Waals surface area contributed by atoms with Crippen LogP contribution in [0, 0.1) is 0 Å². The van der Waals surface area contributed by atoms with Crippen LogP contribution in [0.2, 0.25) is 0 Å². The molecule has 0 aliphatic carbocycles. The third-order valence-electron chi connectivity index (χ3n) is 2.02. The summed E-state index contributed by atoms with van der Waals surface area (Å²) < 4.78 is 5.49. The molecular formula is C7H12N2O.